The van der Waals surface area contributed by atoms with Crippen molar-refractivity contribution in [1.29, 1.82) is 0 Å². The minimum absolute atomic E-state index is 0.262. The van der Waals surface area contributed by atoms with E-state index >= 15 is 0 Å². The first-order chi connectivity index (χ1) is 11.2. The van der Waals surface area contributed by atoms with Gasteiger partial charge in [0, 0.05) is 12.5 Å². The van der Waals surface area contributed by atoms with Gasteiger partial charge in [0.15, 0.2) is 0 Å². The normalized spacial score (nSPS) is 19.8. The van der Waals surface area contributed by atoms with Gasteiger partial charge in [0.1, 0.15) is 6.04 Å². The van der Waals surface area contributed by atoms with E-state index in [4.69, 9.17) is 0 Å². The number of rotatable bonds is 4. The number of hydrogen-bond donors (Lipinski definition) is 1. The molecule has 1 N–H and O–H groups in total. The lowest BCUT2D eigenvalue weighted by molar-refractivity contribution is -0.153. The zero-order valence-electron chi connectivity index (χ0n) is 13.3. The number of piperidine rings is 1. The van der Waals surface area contributed by atoms with E-state index in [2.05, 4.69) is 0 Å². The molecule has 2 atom stereocenters. The number of carboxylic acids is 1. The molecule has 24 heavy (non-hydrogen) atoms. The van der Waals surface area contributed by atoms with Crippen molar-refractivity contribution in [1.82, 2.24) is 4.90 Å². The predicted octanol–water partition coefficient (Wildman–Crippen LogP) is 3.35. The Balaban J connectivity index is 2.04. The number of nitrogens with zero attached hydrogens (tertiary/aromatic N) is 1. The highest BCUT2D eigenvalue weighted by Gasteiger charge is 2.34. The van der Waals surface area contributed by atoms with Gasteiger partial charge in [-0.1, -0.05) is 19.1 Å². The molecule has 0 aliphatic carbocycles. The lowest BCUT2D eigenvalue weighted by Crippen LogP contribution is -2.50. The van der Waals surface area contributed by atoms with Crippen LogP contribution in [0.2, 0.25) is 0 Å². The van der Waals surface area contributed by atoms with Crippen molar-refractivity contribution in [3.8, 4) is 0 Å². The number of hydrogen-bond acceptors (Lipinski definition) is 2. The summed E-state index contributed by atoms with van der Waals surface area (Å²) in [6.07, 6.45) is -2.13. The Bertz CT molecular complexity index is 598. The van der Waals surface area contributed by atoms with Crippen LogP contribution in [0.3, 0.4) is 0 Å². The summed E-state index contributed by atoms with van der Waals surface area (Å²) in [5, 5.41) is 9.24. The average molecular weight is 343 g/mol. The Morgan fingerprint density at radius 1 is 1.25 bits per heavy atom. The number of carboxylic acid groups (broad SMARTS) is 1. The largest absolute Gasteiger partial charge is 0.480 e. The Morgan fingerprint density at radius 2 is 1.88 bits per heavy atom. The molecule has 0 radical (unpaired) electrons. The van der Waals surface area contributed by atoms with Gasteiger partial charge in [-0.05, 0) is 43.4 Å². The molecular weight excluding hydrogens is 323 g/mol. The minimum Gasteiger partial charge on any atom is -0.480 e. The molecule has 1 aromatic rings. The van der Waals surface area contributed by atoms with Gasteiger partial charge >= 0.3 is 12.1 Å². The third-order valence-electron chi connectivity index (χ3n) is 4.32. The van der Waals surface area contributed by atoms with Gasteiger partial charge in [-0.3, -0.25) is 4.79 Å². The van der Waals surface area contributed by atoms with Crippen LogP contribution in [-0.4, -0.2) is 34.5 Å². The Kier molecular flexibility index (Phi) is 5.51. The van der Waals surface area contributed by atoms with Crippen molar-refractivity contribution in [2.45, 2.75) is 44.8 Å². The molecule has 0 bridgehead atoms. The zero-order valence-corrected chi connectivity index (χ0v) is 13.3. The van der Waals surface area contributed by atoms with E-state index in [9.17, 15) is 27.9 Å². The smallest absolute Gasteiger partial charge is 0.416 e. The fraction of sp³-hybridized carbons (Fsp3) is 0.529. The van der Waals surface area contributed by atoms with Gasteiger partial charge in [-0.2, -0.15) is 13.2 Å². The van der Waals surface area contributed by atoms with Gasteiger partial charge in [0.05, 0.1) is 5.56 Å². The Hall–Kier alpha value is -2.05. The maximum atomic E-state index is 12.6. The molecule has 0 saturated carbocycles. The second-order valence-electron chi connectivity index (χ2n) is 6.18. The number of aliphatic carboxylic acids is 1. The fourth-order valence-corrected chi connectivity index (χ4v) is 3.01. The molecule has 1 fully saturated rings. The van der Waals surface area contributed by atoms with Crippen molar-refractivity contribution >= 4 is 11.9 Å². The predicted molar refractivity (Wildman–Crippen MR) is 81.3 cm³/mol. The van der Waals surface area contributed by atoms with Crippen LogP contribution in [0.4, 0.5) is 13.2 Å². The minimum atomic E-state index is -4.39. The summed E-state index contributed by atoms with van der Waals surface area (Å²) < 4.78 is 37.7. The highest BCUT2D eigenvalue weighted by atomic mass is 19.4. The highest BCUT2D eigenvalue weighted by Crippen LogP contribution is 2.29. The molecule has 4 nitrogen and oxygen atoms in total. The van der Waals surface area contributed by atoms with E-state index < -0.39 is 29.7 Å². The summed E-state index contributed by atoms with van der Waals surface area (Å²) in [5.74, 6) is -1.76. The van der Waals surface area contributed by atoms with Crippen molar-refractivity contribution in [2.75, 3.05) is 6.54 Å². The average Bonchev–Trinajstić information content (AvgIpc) is 2.53. The molecule has 1 aliphatic heterocycles. The molecular formula is C17H20F3NO3. The van der Waals surface area contributed by atoms with Crippen LogP contribution in [0.25, 0.3) is 0 Å². The third-order valence-corrected chi connectivity index (χ3v) is 4.32. The van der Waals surface area contributed by atoms with Crippen LogP contribution in [0.15, 0.2) is 24.3 Å². The lowest BCUT2D eigenvalue weighted by atomic mass is 9.95. The summed E-state index contributed by atoms with van der Waals surface area (Å²) in [5.41, 5.74) is -0.111. The molecule has 132 valence electrons. The monoisotopic (exact) mass is 343 g/mol. The number of carbonyl (C=O) groups is 2. The van der Waals surface area contributed by atoms with Crippen molar-refractivity contribution in [3.05, 3.63) is 35.4 Å². The quantitative estimate of drug-likeness (QED) is 0.912. The lowest BCUT2D eigenvalue weighted by Gasteiger charge is -2.34. The molecule has 0 aromatic heterocycles. The molecule has 1 amide bonds. The summed E-state index contributed by atoms with van der Waals surface area (Å²) in [6.45, 7) is 2.08. The first-order valence-corrected chi connectivity index (χ1v) is 7.89. The number of halogens is 3. The highest BCUT2D eigenvalue weighted by molar-refractivity contribution is 5.85. The van der Waals surface area contributed by atoms with Gasteiger partial charge in [-0.15, -0.1) is 0 Å². The van der Waals surface area contributed by atoms with E-state index in [1.807, 2.05) is 0 Å². The summed E-state index contributed by atoms with van der Waals surface area (Å²) in [4.78, 5) is 25.2. The third kappa shape index (κ3) is 4.27. The van der Waals surface area contributed by atoms with Gasteiger partial charge in [0.2, 0.25) is 5.91 Å². The maximum absolute atomic E-state index is 12.6. The van der Waals surface area contributed by atoms with E-state index in [0.717, 1.165) is 25.0 Å². The van der Waals surface area contributed by atoms with Gasteiger partial charge in [-0.25, -0.2) is 4.79 Å². The zero-order chi connectivity index (χ0) is 17.9. The molecule has 1 saturated heterocycles. The van der Waals surface area contributed by atoms with Crippen molar-refractivity contribution in [2.24, 2.45) is 5.92 Å². The standard InChI is InChI=1S/C17H20F3NO3/c1-11(10-12-5-7-13(8-6-12)17(18,19)20)15(22)21-9-3-2-4-14(21)16(23)24/h5-8,11,14H,2-4,9-10H2,1H3,(H,23,24). The van der Waals surface area contributed by atoms with E-state index in [-0.39, 0.29) is 12.3 Å². The first kappa shape index (κ1) is 18.3. The fourth-order valence-electron chi connectivity index (χ4n) is 3.01. The SMILES string of the molecule is CC(Cc1ccc(C(F)(F)F)cc1)C(=O)N1CCCCC1C(=O)O. The second-order valence-corrected chi connectivity index (χ2v) is 6.18. The Labute approximate surface area is 138 Å². The van der Waals surface area contributed by atoms with Crippen molar-refractivity contribution < 1.29 is 27.9 Å². The van der Waals surface area contributed by atoms with Crippen LogP contribution in [-0.2, 0) is 22.2 Å². The number of alkyl halides is 3. The molecule has 1 heterocycles. The molecule has 2 rings (SSSR count). The van der Waals surface area contributed by atoms with Gasteiger partial charge in [0.25, 0.3) is 0 Å². The topological polar surface area (TPSA) is 57.6 Å². The number of benzene rings is 1. The molecule has 2 unspecified atom stereocenters. The molecule has 1 aromatic carbocycles. The van der Waals surface area contributed by atoms with Crippen LogP contribution in [0.1, 0.15) is 37.3 Å². The van der Waals surface area contributed by atoms with E-state index in [1.54, 1.807) is 6.92 Å². The second kappa shape index (κ2) is 7.23. The van der Waals surface area contributed by atoms with E-state index in [1.165, 1.54) is 17.0 Å². The summed E-state index contributed by atoms with van der Waals surface area (Å²) in [7, 11) is 0. The van der Waals surface area contributed by atoms with Crippen LogP contribution in [0, 0.1) is 5.92 Å². The van der Waals surface area contributed by atoms with Crippen LogP contribution < -0.4 is 0 Å². The van der Waals surface area contributed by atoms with E-state index in [0.29, 0.717) is 18.5 Å². The van der Waals surface area contributed by atoms with Crippen molar-refractivity contribution in [3.63, 3.8) is 0 Å². The Morgan fingerprint density at radius 3 is 2.42 bits per heavy atom. The van der Waals surface area contributed by atoms with Crippen LogP contribution in [0.5, 0.6) is 0 Å². The summed E-state index contributed by atoms with van der Waals surface area (Å²) >= 11 is 0. The number of carbonyl (C=O) groups excluding carboxylic acids is 1. The molecule has 1 aliphatic rings. The van der Waals surface area contributed by atoms with Gasteiger partial charge < -0.3 is 10.0 Å². The molecule has 0 spiro atoms. The molecule has 7 heteroatoms. The summed E-state index contributed by atoms with van der Waals surface area (Å²) in [6, 6.07) is 3.90. The number of amides is 1. The number of likely N-dealkylation sites (tertiary alicyclic amines) is 1. The first-order valence-electron chi connectivity index (χ1n) is 7.89. The maximum Gasteiger partial charge on any atom is 0.416 e. The van der Waals surface area contributed by atoms with Crippen LogP contribution >= 0.6 is 0 Å².